The molecule has 0 spiro atoms. The van der Waals surface area contributed by atoms with Crippen LogP contribution in [0.1, 0.15) is 16.7 Å². The minimum Gasteiger partial charge on any atom is -0.449 e. The van der Waals surface area contributed by atoms with Crippen LogP contribution in [0, 0.1) is 24.0 Å². The second kappa shape index (κ2) is 6.45. The van der Waals surface area contributed by atoms with Gasteiger partial charge in [-0.1, -0.05) is 28.1 Å². The molecule has 0 aliphatic heterocycles. The SMILES string of the molecule is Cc1cc(C)c(Oc2cc(Br)ccc2CCl)c([N+](=O)[O-])c1. The van der Waals surface area contributed by atoms with Gasteiger partial charge >= 0.3 is 5.69 Å². The zero-order valence-corrected chi connectivity index (χ0v) is 13.9. The number of aryl methyl sites for hydroxylation is 2. The largest absolute Gasteiger partial charge is 0.449 e. The standard InChI is InChI=1S/C15H13BrClNO3/c1-9-5-10(2)15(13(6-9)18(19)20)21-14-7-12(16)4-3-11(14)8-17/h3-7H,8H2,1-2H3. The van der Waals surface area contributed by atoms with E-state index in [2.05, 4.69) is 15.9 Å². The van der Waals surface area contributed by atoms with Gasteiger partial charge in [0.25, 0.3) is 0 Å². The van der Waals surface area contributed by atoms with Crippen molar-refractivity contribution in [2.45, 2.75) is 19.7 Å². The maximum atomic E-state index is 11.2. The maximum Gasteiger partial charge on any atom is 0.312 e. The van der Waals surface area contributed by atoms with Crippen molar-refractivity contribution in [2.75, 3.05) is 0 Å². The van der Waals surface area contributed by atoms with E-state index in [1.165, 1.54) is 6.07 Å². The Kier molecular flexibility index (Phi) is 4.85. The highest BCUT2D eigenvalue weighted by atomic mass is 79.9. The van der Waals surface area contributed by atoms with E-state index in [-0.39, 0.29) is 17.3 Å². The molecule has 0 atom stereocenters. The predicted molar refractivity (Wildman–Crippen MR) is 86.3 cm³/mol. The summed E-state index contributed by atoms with van der Waals surface area (Å²) in [6.07, 6.45) is 0. The lowest BCUT2D eigenvalue weighted by Crippen LogP contribution is -1.98. The summed E-state index contributed by atoms with van der Waals surface area (Å²) in [5, 5.41) is 11.2. The summed E-state index contributed by atoms with van der Waals surface area (Å²) in [6, 6.07) is 8.77. The number of hydrogen-bond donors (Lipinski definition) is 0. The molecule has 2 rings (SSSR count). The van der Waals surface area contributed by atoms with Crippen LogP contribution in [-0.2, 0) is 5.88 Å². The minimum atomic E-state index is -0.437. The first-order chi connectivity index (χ1) is 9.92. The van der Waals surface area contributed by atoms with Gasteiger partial charge in [-0.15, -0.1) is 11.6 Å². The van der Waals surface area contributed by atoms with E-state index in [9.17, 15) is 10.1 Å². The molecule has 0 amide bonds. The molecule has 0 aliphatic carbocycles. The molecule has 0 radical (unpaired) electrons. The summed E-state index contributed by atoms with van der Waals surface area (Å²) >= 11 is 9.25. The molecule has 4 nitrogen and oxygen atoms in total. The smallest absolute Gasteiger partial charge is 0.312 e. The number of alkyl halides is 1. The number of ether oxygens (including phenoxy) is 1. The van der Waals surface area contributed by atoms with E-state index >= 15 is 0 Å². The molecule has 21 heavy (non-hydrogen) atoms. The molecular weight excluding hydrogens is 358 g/mol. The molecule has 0 aromatic heterocycles. The second-order valence-corrected chi connectivity index (χ2v) is 5.86. The predicted octanol–water partition coefficient (Wildman–Crippen LogP) is 5.51. The number of nitro benzene ring substituents is 1. The summed E-state index contributed by atoms with van der Waals surface area (Å²) < 4.78 is 6.62. The van der Waals surface area contributed by atoms with Gasteiger partial charge in [-0.2, -0.15) is 0 Å². The van der Waals surface area contributed by atoms with E-state index in [0.29, 0.717) is 11.3 Å². The van der Waals surface area contributed by atoms with Crippen LogP contribution >= 0.6 is 27.5 Å². The molecule has 0 saturated heterocycles. The monoisotopic (exact) mass is 369 g/mol. The van der Waals surface area contributed by atoms with Gasteiger partial charge in [0.15, 0.2) is 0 Å². The zero-order valence-electron chi connectivity index (χ0n) is 11.5. The van der Waals surface area contributed by atoms with Crippen molar-refractivity contribution in [3.05, 3.63) is 61.6 Å². The maximum absolute atomic E-state index is 11.2. The van der Waals surface area contributed by atoms with Gasteiger partial charge in [-0.3, -0.25) is 10.1 Å². The van der Waals surface area contributed by atoms with Gasteiger partial charge in [-0.25, -0.2) is 0 Å². The summed E-state index contributed by atoms with van der Waals surface area (Å²) in [7, 11) is 0. The van der Waals surface area contributed by atoms with Gasteiger partial charge in [0.05, 0.1) is 10.8 Å². The first-order valence-corrected chi connectivity index (χ1v) is 7.53. The number of halogens is 2. The molecule has 0 aliphatic rings. The van der Waals surface area contributed by atoms with Gasteiger partial charge in [0, 0.05) is 16.1 Å². The molecule has 0 heterocycles. The van der Waals surface area contributed by atoms with Crippen molar-refractivity contribution < 1.29 is 9.66 Å². The molecular formula is C15H13BrClNO3. The Morgan fingerprint density at radius 1 is 1.29 bits per heavy atom. The minimum absolute atomic E-state index is 0.0482. The first-order valence-electron chi connectivity index (χ1n) is 6.20. The van der Waals surface area contributed by atoms with Crippen LogP contribution in [-0.4, -0.2) is 4.92 Å². The first kappa shape index (κ1) is 15.8. The Labute approximate surface area is 136 Å². The molecule has 0 bridgehead atoms. The van der Waals surface area contributed by atoms with Crippen LogP contribution in [0.15, 0.2) is 34.8 Å². The fourth-order valence-electron chi connectivity index (χ4n) is 2.04. The molecule has 0 N–H and O–H groups in total. The van der Waals surface area contributed by atoms with E-state index in [4.69, 9.17) is 16.3 Å². The Morgan fingerprint density at radius 2 is 2.00 bits per heavy atom. The van der Waals surface area contributed by atoms with Crippen molar-refractivity contribution in [1.82, 2.24) is 0 Å². The topological polar surface area (TPSA) is 52.4 Å². The number of benzene rings is 2. The number of nitro groups is 1. The lowest BCUT2D eigenvalue weighted by molar-refractivity contribution is -0.385. The highest BCUT2D eigenvalue weighted by Crippen LogP contribution is 2.38. The third-order valence-corrected chi connectivity index (χ3v) is 3.76. The van der Waals surface area contributed by atoms with Crippen LogP contribution < -0.4 is 4.74 Å². The molecule has 2 aromatic carbocycles. The highest BCUT2D eigenvalue weighted by Gasteiger charge is 2.20. The normalized spacial score (nSPS) is 10.5. The van der Waals surface area contributed by atoms with Crippen LogP contribution in [0.3, 0.4) is 0 Å². The average molecular weight is 371 g/mol. The summed E-state index contributed by atoms with van der Waals surface area (Å²) in [5.41, 5.74) is 2.25. The number of nitrogens with zero attached hydrogens (tertiary/aromatic N) is 1. The molecule has 0 fully saturated rings. The van der Waals surface area contributed by atoms with Crippen LogP contribution in [0.4, 0.5) is 5.69 Å². The van der Waals surface area contributed by atoms with Crippen molar-refractivity contribution in [1.29, 1.82) is 0 Å². The third-order valence-electron chi connectivity index (χ3n) is 2.98. The van der Waals surface area contributed by atoms with Crippen molar-refractivity contribution >= 4 is 33.2 Å². The van der Waals surface area contributed by atoms with E-state index < -0.39 is 4.92 Å². The fraction of sp³-hybridized carbons (Fsp3) is 0.200. The van der Waals surface area contributed by atoms with Crippen LogP contribution in [0.2, 0.25) is 0 Å². The Hall–Kier alpha value is -1.59. The molecule has 0 saturated carbocycles. The second-order valence-electron chi connectivity index (χ2n) is 4.67. The lowest BCUT2D eigenvalue weighted by Gasteiger charge is -2.13. The van der Waals surface area contributed by atoms with Gasteiger partial charge in [-0.05, 0) is 37.1 Å². The molecule has 6 heteroatoms. The van der Waals surface area contributed by atoms with Gasteiger partial charge in [0.2, 0.25) is 5.75 Å². The van der Waals surface area contributed by atoms with Crippen LogP contribution in [0.25, 0.3) is 0 Å². The summed E-state index contributed by atoms with van der Waals surface area (Å²) in [5.74, 6) is 1.02. The van der Waals surface area contributed by atoms with E-state index in [1.54, 1.807) is 13.0 Å². The van der Waals surface area contributed by atoms with E-state index in [1.807, 2.05) is 25.1 Å². The van der Waals surface area contributed by atoms with Gasteiger partial charge in [0.1, 0.15) is 5.75 Å². The van der Waals surface area contributed by atoms with Crippen molar-refractivity contribution in [2.24, 2.45) is 0 Å². The summed E-state index contributed by atoms with van der Waals surface area (Å²) in [4.78, 5) is 10.8. The third kappa shape index (κ3) is 3.54. The Bertz CT molecular complexity index is 704. The number of rotatable bonds is 4. The fourth-order valence-corrected chi connectivity index (χ4v) is 2.60. The average Bonchev–Trinajstić information content (AvgIpc) is 2.41. The highest BCUT2D eigenvalue weighted by molar-refractivity contribution is 9.10. The Morgan fingerprint density at radius 3 is 2.62 bits per heavy atom. The molecule has 0 unspecified atom stereocenters. The quantitative estimate of drug-likeness (QED) is 0.405. The van der Waals surface area contributed by atoms with Crippen molar-refractivity contribution in [3.63, 3.8) is 0 Å². The van der Waals surface area contributed by atoms with E-state index in [0.717, 1.165) is 15.6 Å². The molecule has 110 valence electrons. The number of hydrogen-bond acceptors (Lipinski definition) is 3. The lowest BCUT2D eigenvalue weighted by atomic mass is 10.1. The summed E-state index contributed by atoms with van der Waals surface area (Å²) in [6.45, 7) is 3.60. The van der Waals surface area contributed by atoms with Crippen molar-refractivity contribution in [3.8, 4) is 11.5 Å². The molecule has 2 aromatic rings. The van der Waals surface area contributed by atoms with Gasteiger partial charge < -0.3 is 4.74 Å². The Balaban J connectivity index is 2.54. The zero-order chi connectivity index (χ0) is 15.6. The van der Waals surface area contributed by atoms with Crippen LogP contribution in [0.5, 0.6) is 11.5 Å².